The van der Waals surface area contributed by atoms with Crippen LogP contribution in [0, 0.1) is 0 Å². The fraction of sp³-hybridized carbons (Fsp3) is 0.481. The lowest BCUT2D eigenvalue weighted by Gasteiger charge is -2.49. The van der Waals surface area contributed by atoms with Gasteiger partial charge in [0.2, 0.25) is 5.79 Å². The number of hydrogen-bond donors (Lipinski definition) is 0. The maximum Gasteiger partial charge on any atom is 0.272 e. The molecule has 0 N–H and O–H groups in total. The van der Waals surface area contributed by atoms with Crippen LogP contribution in [0.4, 0.5) is 0 Å². The van der Waals surface area contributed by atoms with E-state index in [1.807, 2.05) is 79.3 Å². The fourth-order valence-corrected chi connectivity index (χ4v) is 6.55. The number of alkyl halides is 1. The molecular weight excluding hydrogens is 706 g/mol. The summed E-state index contributed by atoms with van der Waals surface area (Å²) >= 11 is 4.13. The molecule has 8 nitrogen and oxygen atoms in total. The molecule has 0 radical (unpaired) electrons. The van der Waals surface area contributed by atoms with Gasteiger partial charge in [0.1, 0.15) is 40.6 Å². The van der Waals surface area contributed by atoms with Gasteiger partial charge in [0.05, 0.1) is 24.2 Å². The third-order valence-corrected chi connectivity index (χ3v) is 8.00. The molecule has 1 fully saturated rings. The van der Waals surface area contributed by atoms with Gasteiger partial charge in [0.25, 0.3) is 5.95 Å². The van der Waals surface area contributed by atoms with E-state index in [2.05, 4.69) is 29.2 Å². The first kappa shape index (κ1) is 30.2. The second kappa shape index (κ2) is 14.2. The number of halogens is 2. The molecule has 0 aliphatic carbocycles. The Morgan fingerprint density at radius 1 is 1.05 bits per heavy atom. The molecule has 2 unspecified atom stereocenters. The normalized spacial score (nSPS) is 25.4. The van der Waals surface area contributed by atoms with Crippen LogP contribution in [0.25, 0.3) is 0 Å². The lowest BCUT2D eigenvalue weighted by molar-refractivity contribution is -0.377. The molecule has 1 aliphatic heterocycles. The third kappa shape index (κ3) is 6.82. The molecule has 2 aromatic carbocycles. The van der Waals surface area contributed by atoms with E-state index in [1.54, 1.807) is 21.3 Å². The third-order valence-electron chi connectivity index (χ3n) is 6.05. The molecule has 1 saturated heterocycles. The Kier molecular flexibility index (Phi) is 11.6. The van der Waals surface area contributed by atoms with Gasteiger partial charge in [-0.2, -0.15) is 0 Å². The predicted octanol–water partition coefficient (Wildman–Crippen LogP) is 5.92. The fourth-order valence-electron chi connectivity index (χ4n) is 4.33. The molecule has 0 aromatic heterocycles. The molecule has 1 heterocycles. The van der Waals surface area contributed by atoms with Crippen molar-refractivity contribution >= 4 is 45.6 Å². The predicted molar refractivity (Wildman–Crippen MR) is 156 cm³/mol. The Hall–Kier alpha value is -1.32. The Morgan fingerprint density at radius 2 is 1.78 bits per heavy atom. The lowest BCUT2D eigenvalue weighted by atomic mass is 9.90. The van der Waals surface area contributed by atoms with Gasteiger partial charge >= 0.3 is 0 Å². The molecule has 2 aromatic rings. The molecule has 0 spiro atoms. The van der Waals surface area contributed by atoms with E-state index in [4.69, 9.17) is 36.2 Å². The van der Waals surface area contributed by atoms with Crippen LogP contribution in [0.2, 0.25) is 0 Å². The van der Waals surface area contributed by atoms with Gasteiger partial charge in [-0.05, 0) is 61.9 Å². The number of ether oxygens (including phenoxy) is 7. The summed E-state index contributed by atoms with van der Waals surface area (Å²) in [5.41, 5.74) is 2.80. The Morgan fingerprint density at radius 3 is 2.35 bits per heavy atom. The SMILES string of the molecule is C=C(OCC)O[C@@H]1C(I)[C@H](OI)C(OC)O[C@@]1(OC)c1ccc(OC)c(Cc2ccc(OCC)cc2)c1. The monoisotopic (exact) mass is 740 g/mol. The van der Waals surface area contributed by atoms with Crippen LogP contribution in [0.15, 0.2) is 55.0 Å². The van der Waals surface area contributed by atoms with E-state index in [9.17, 15) is 0 Å². The smallest absolute Gasteiger partial charge is 0.272 e. The van der Waals surface area contributed by atoms with Crippen LogP contribution in [0.1, 0.15) is 30.5 Å². The minimum atomic E-state index is -1.35. The van der Waals surface area contributed by atoms with Crippen LogP contribution in [0.5, 0.6) is 11.5 Å². The van der Waals surface area contributed by atoms with Crippen LogP contribution in [-0.4, -0.2) is 57.0 Å². The summed E-state index contributed by atoms with van der Waals surface area (Å²) in [4.78, 5) is 0. The highest BCUT2D eigenvalue weighted by Crippen LogP contribution is 2.46. The van der Waals surface area contributed by atoms with Crippen molar-refractivity contribution in [3.05, 3.63) is 71.7 Å². The molecule has 0 bridgehead atoms. The molecule has 0 saturated carbocycles. The van der Waals surface area contributed by atoms with E-state index in [0.717, 1.165) is 28.2 Å². The lowest BCUT2D eigenvalue weighted by Crippen LogP contribution is -2.62. The van der Waals surface area contributed by atoms with Crippen molar-refractivity contribution in [1.29, 1.82) is 0 Å². The van der Waals surface area contributed by atoms with Crippen molar-refractivity contribution < 1.29 is 36.2 Å². The summed E-state index contributed by atoms with van der Waals surface area (Å²) in [7, 11) is 4.81. The van der Waals surface area contributed by atoms with Gasteiger partial charge in [0.15, 0.2) is 12.4 Å². The minimum absolute atomic E-state index is 0.172. The van der Waals surface area contributed by atoms with Crippen LogP contribution < -0.4 is 9.47 Å². The Bertz CT molecular complexity index is 1020. The molecule has 5 atom stereocenters. The number of hydrogen-bond acceptors (Lipinski definition) is 8. The van der Waals surface area contributed by atoms with Crippen LogP contribution >= 0.6 is 45.6 Å². The van der Waals surface area contributed by atoms with Gasteiger partial charge in [-0.1, -0.05) is 34.7 Å². The summed E-state index contributed by atoms with van der Waals surface area (Å²) < 4.78 is 46.7. The number of rotatable bonds is 13. The highest BCUT2D eigenvalue weighted by Gasteiger charge is 2.58. The average Bonchev–Trinajstić information content (AvgIpc) is 2.91. The summed E-state index contributed by atoms with van der Waals surface area (Å²) in [5.74, 6) is 0.406. The van der Waals surface area contributed by atoms with Crippen LogP contribution in [-0.2, 0) is 39.0 Å². The van der Waals surface area contributed by atoms with Crippen molar-refractivity contribution in [2.75, 3.05) is 34.5 Å². The molecule has 204 valence electrons. The zero-order chi connectivity index (χ0) is 27.0. The first-order valence-corrected chi connectivity index (χ1v) is 14.0. The molecular formula is C27H34I2O8. The van der Waals surface area contributed by atoms with E-state index in [1.165, 1.54) is 0 Å². The first-order valence-electron chi connectivity index (χ1n) is 11.9. The largest absolute Gasteiger partial charge is 0.496 e. The molecule has 0 amide bonds. The van der Waals surface area contributed by atoms with Crippen molar-refractivity contribution in [2.24, 2.45) is 0 Å². The molecule has 10 heteroatoms. The summed E-state index contributed by atoms with van der Waals surface area (Å²) in [6, 6.07) is 13.8. The second-order valence-corrected chi connectivity index (χ2v) is 10.2. The number of methoxy groups -OCH3 is 3. The second-order valence-electron chi connectivity index (χ2n) is 8.22. The summed E-state index contributed by atoms with van der Waals surface area (Å²) in [5, 5.41) is 0. The molecule has 1 aliphatic rings. The maximum absolute atomic E-state index is 6.49. The Balaban J connectivity index is 2.06. The topological polar surface area (TPSA) is 73.8 Å². The van der Waals surface area contributed by atoms with Gasteiger partial charge in [-0.25, -0.2) is 0 Å². The quantitative estimate of drug-likeness (QED) is 0.143. The molecule has 37 heavy (non-hydrogen) atoms. The van der Waals surface area contributed by atoms with Crippen molar-refractivity contribution in [1.82, 2.24) is 0 Å². The van der Waals surface area contributed by atoms with Crippen molar-refractivity contribution in [3.63, 3.8) is 0 Å². The number of benzene rings is 2. The van der Waals surface area contributed by atoms with Gasteiger partial charge in [0, 0.05) is 26.2 Å². The van der Waals surface area contributed by atoms with E-state index in [-0.39, 0.29) is 9.87 Å². The highest BCUT2D eigenvalue weighted by molar-refractivity contribution is 14.1. The highest BCUT2D eigenvalue weighted by atomic mass is 127. The first-order chi connectivity index (χ1) is 17.9. The van der Waals surface area contributed by atoms with Gasteiger partial charge < -0.3 is 36.2 Å². The maximum atomic E-state index is 6.49. The summed E-state index contributed by atoms with van der Waals surface area (Å²) in [6.45, 7) is 8.78. The standard InChI is InChI=1S/C27H34I2O8/c1-7-33-17(3)35-25-23(28)24(37-29)26(31-5)36-27(25,32-6)20-11-14-22(30-4)19(16-20)15-18-9-12-21(13-10-18)34-8-2/h9-14,16,23-26H,3,7-8,15H2,1-2,4-6H3/t23?,24-,25+,26?,27-/m0/s1. The van der Waals surface area contributed by atoms with E-state index >= 15 is 0 Å². The van der Waals surface area contributed by atoms with E-state index in [0.29, 0.717) is 19.6 Å². The van der Waals surface area contributed by atoms with Crippen molar-refractivity contribution in [2.45, 2.75) is 48.5 Å². The van der Waals surface area contributed by atoms with Crippen LogP contribution in [0.3, 0.4) is 0 Å². The minimum Gasteiger partial charge on any atom is -0.496 e. The average molecular weight is 740 g/mol. The van der Waals surface area contributed by atoms with Gasteiger partial charge in [-0.15, -0.1) is 0 Å². The zero-order valence-electron chi connectivity index (χ0n) is 21.7. The molecule has 3 rings (SSSR count). The van der Waals surface area contributed by atoms with Gasteiger partial charge in [-0.3, -0.25) is 0 Å². The zero-order valence-corrected chi connectivity index (χ0v) is 26.0. The van der Waals surface area contributed by atoms with Crippen molar-refractivity contribution in [3.8, 4) is 11.5 Å². The summed E-state index contributed by atoms with van der Waals surface area (Å²) in [6.07, 6.45) is -1.19. The Labute approximate surface area is 246 Å². The van der Waals surface area contributed by atoms with E-state index < -0.39 is 24.3 Å².